The first-order chi connectivity index (χ1) is 10.6. The number of carbonyl (C=O) groups excluding carboxylic acids is 2. The number of amides is 2. The van der Waals surface area contributed by atoms with Gasteiger partial charge in [-0.25, -0.2) is 4.90 Å². The molecule has 1 aromatic rings. The minimum Gasteiger partial charge on any atom is -0.274 e. The number of allylic oxidation sites excluding steroid dienone is 2. The Balaban J connectivity index is 1.81. The molecule has 4 heteroatoms. The van der Waals surface area contributed by atoms with Crippen LogP contribution in [0.1, 0.15) is 24.0 Å². The summed E-state index contributed by atoms with van der Waals surface area (Å²) < 4.78 is 0. The fraction of sp³-hybridized carbons (Fsp3) is 0.389. The fourth-order valence-electron chi connectivity index (χ4n) is 4.30. The zero-order chi connectivity index (χ0) is 15.4. The molecule has 2 amide bonds. The molecule has 5 rings (SSSR count). The van der Waals surface area contributed by atoms with E-state index in [1.807, 2.05) is 0 Å². The number of imide groups is 1. The molecule has 1 saturated carbocycles. The van der Waals surface area contributed by atoms with Crippen LogP contribution in [0.2, 0.25) is 0 Å². The Morgan fingerprint density at radius 2 is 1.68 bits per heavy atom. The maximum atomic E-state index is 12.9. The third-order valence-corrected chi connectivity index (χ3v) is 5.43. The standard InChI is InChI=1S/C18H16N2O2/c1-10-13(9-19)3-2-4-14(10)20-17(21)15-11-5-6-12(8-7-11)16(15)18(20)22/h2-6,11-12,15-16H,7-8H2,1H3. The van der Waals surface area contributed by atoms with E-state index < -0.39 is 0 Å². The molecule has 4 unspecified atom stereocenters. The molecular weight excluding hydrogens is 276 g/mol. The molecule has 1 heterocycles. The van der Waals surface area contributed by atoms with Crippen LogP contribution < -0.4 is 4.90 Å². The van der Waals surface area contributed by atoms with Crippen molar-refractivity contribution in [1.29, 1.82) is 5.26 Å². The van der Waals surface area contributed by atoms with Gasteiger partial charge in [0.1, 0.15) is 0 Å². The highest BCUT2D eigenvalue weighted by molar-refractivity contribution is 6.23. The summed E-state index contributed by atoms with van der Waals surface area (Å²) in [6, 6.07) is 7.33. The molecule has 3 aliphatic carbocycles. The first-order valence-corrected chi connectivity index (χ1v) is 7.69. The topological polar surface area (TPSA) is 61.2 Å². The van der Waals surface area contributed by atoms with Crippen LogP contribution in [0, 0.1) is 41.9 Å². The minimum atomic E-state index is -0.207. The molecule has 0 spiro atoms. The van der Waals surface area contributed by atoms with E-state index >= 15 is 0 Å². The molecule has 0 N–H and O–H groups in total. The molecule has 0 radical (unpaired) electrons. The van der Waals surface area contributed by atoms with Crippen LogP contribution in [0.15, 0.2) is 30.4 Å². The Morgan fingerprint density at radius 3 is 2.18 bits per heavy atom. The molecule has 4 atom stereocenters. The van der Waals surface area contributed by atoms with Crippen LogP contribution in [0.4, 0.5) is 5.69 Å². The zero-order valence-electron chi connectivity index (χ0n) is 12.3. The maximum Gasteiger partial charge on any atom is 0.238 e. The zero-order valence-corrected chi connectivity index (χ0v) is 12.3. The average molecular weight is 292 g/mol. The van der Waals surface area contributed by atoms with Crippen LogP contribution in [-0.4, -0.2) is 11.8 Å². The predicted molar refractivity (Wildman–Crippen MR) is 80.7 cm³/mol. The van der Waals surface area contributed by atoms with Gasteiger partial charge < -0.3 is 0 Å². The Hall–Kier alpha value is -2.41. The van der Waals surface area contributed by atoms with Crippen molar-refractivity contribution >= 4 is 17.5 Å². The SMILES string of the molecule is Cc1c(C#N)cccc1N1C(=O)C2C3C=CC(CC3)C2C1=O. The summed E-state index contributed by atoms with van der Waals surface area (Å²) in [5.74, 6) is -0.214. The molecule has 1 aromatic carbocycles. The molecule has 0 aromatic heterocycles. The van der Waals surface area contributed by atoms with Crippen molar-refractivity contribution in [1.82, 2.24) is 0 Å². The van der Waals surface area contributed by atoms with Crippen LogP contribution in [0.25, 0.3) is 0 Å². The first kappa shape index (κ1) is 13.3. The number of hydrogen-bond acceptors (Lipinski definition) is 3. The van der Waals surface area contributed by atoms with Gasteiger partial charge in [-0.15, -0.1) is 0 Å². The van der Waals surface area contributed by atoms with Crippen LogP contribution in [-0.2, 0) is 9.59 Å². The molecule has 4 aliphatic rings. The van der Waals surface area contributed by atoms with Crippen molar-refractivity contribution in [2.24, 2.45) is 23.7 Å². The second-order valence-corrected chi connectivity index (χ2v) is 6.41. The minimum absolute atomic E-state index is 0.0905. The normalized spacial score (nSPS) is 32.3. The molecule has 22 heavy (non-hydrogen) atoms. The number of carbonyl (C=O) groups is 2. The lowest BCUT2D eigenvalue weighted by Crippen LogP contribution is -2.38. The summed E-state index contributed by atoms with van der Waals surface area (Å²) in [5, 5.41) is 9.17. The van der Waals surface area contributed by atoms with E-state index in [2.05, 4.69) is 18.2 Å². The Kier molecular flexibility index (Phi) is 2.74. The summed E-state index contributed by atoms with van der Waals surface area (Å²) in [6.07, 6.45) is 6.21. The second-order valence-electron chi connectivity index (χ2n) is 6.41. The number of benzene rings is 1. The number of nitriles is 1. The largest absolute Gasteiger partial charge is 0.274 e. The highest BCUT2D eigenvalue weighted by Crippen LogP contribution is 2.50. The number of anilines is 1. The third kappa shape index (κ3) is 1.57. The number of fused-ring (bicyclic) bond motifs is 1. The van der Waals surface area contributed by atoms with Gasteiger partial charge in [0.15, 0.2) is 0 Å². The summed E-state index contributed by atoms with van der Waals surface area (Å²) in [4.78, 5) is 27.1. The van der Waals surface area contributed by atoms with E-state index in [-0.39, 0.29) is 35.5 Å². The van der Waals surface area contributed by atoms with Gasteiger partial charge >= 0.3 is 0 Å². The van der Waals surface area contributed by atoms with E-state index in [1.165, 1.54) is 4.90 Å². The predicted octanol–water partition coefficient (Wildman–Crippen LogP) is 2.57. The monoisotopic (exact) mass is 292 g/mol. The third-order valence-electron chi connectivity index (χ3n) is 5.43. The Labute approximate surface area is 129 Å². The van der Waals surface area contributed by atoms with Gasteiger partial charge in [-0.05, 0) is 49.3 Å². The van der Waals surface area contributed by atoms with Gasteiger partial charge in [0, 0.05) is 0 Å². The van der Waals surface area contributed by atoms with Gasteiger partial charge in [-0.3, -0.25) is 9.59 Å². The van der Waals surface area contributed by atoms with Gasteiger partial charge in [0.25, 0.3) is 0 Å². The molecule has 2 fully saturated rings. The van der Waals surface area contributed by atoms with Gasteiger partial charge in [0.05, 0.1) is 29.2 Å². The fourth-order valence-corrected chi connectivity index (χ4v) is 4.30. The van der Waals surface area contributed by atoms with Crippen LogP contribution >= 0.6 is 0 Å². The summed E-state index contributed by atoms with van der Waals surface area (Å²) >= 11 is 0. The first-order valence-electron chi connectivity index (χ1n) is 7.69. The number of nitrogens with zero attached hydrogens (tertiary/aromatic N) is 2. The van der Waals surface area contributed by atoms with Crippen molar-refractivity contribution in [3.63, 3.8) is 0 Å². The van der Waals surface area contributed by atoms with E-state index in [0.29, 0.717) is 16.8 Å². The highest BCUT2D eigenvalue weighted by Gasteiger charge is 2.57. The van der Waals surface area contributed by atoms with E-state index in [4.69, 9.17) is 5.26 Å². The van der Waals surface area contributed by atoms with Gasteiger partial charge in [0.2, 0.25) is 11.8 Å². The second kappa shape index (κ2) is 4.54. The average Bonchev–Trinajstić information content (AvgIpc) is 2.83. The van der Waals surface area contributed by atoms with E-state index in [1.54, 1.807) is 25.1 Å². The molecule has 1 saturated heterocycles. The van der Waals surface area contributed by atoms with Crippen LogP contribution in [0.5, 0.6) is 0 Å². The van der Waals surface area contributed by atoms with Gasteiger partial charge in [-0.2, -0.15) is 5.26 Å². The summed E-state index contributed by atoms with van der Waals surface area (Å²) in [7, 11) is 0. The van der Waals surface area contributed by atoms with E-state index in [0.717, 1.165) is 12.8 Å². The molecule has 1 aliphatic heterocycles. The van der Waals surface area contributed by atoms with Crippen molar-refractivity contribution in [3.05, 3.63) is 41.5 Å². The maximum absolute atomic E-state index is 12.9. The summed E-state index contributed by atoms with van der Waals surface area (Å²) in [6.45, 7) is 1.79. The Morgan fingerprint density at radius 1 is 1.09 bits per heavy atom. The quantitative estimate of drug-likeness (QED) is 0.590. The lowest BCUT2D eigenvalue weighted by molar-refractivity contribution is -0.124. The lowest BCUT2D eigenvalue weighted by Gasteiger charge is -2.38. The Bertz CT molecular complexity index is 727. The van der Waals surface area contributed by atoms with Crippen molar-refractivity contribution in [2.45, 2.75) is 19.8 Å². The van der Waals surface area contributed by atoms with Crippen molar-refractivity contribution in [3.8, 4) is 6.07 Å². The lowest BCUT2D eigenvalue weighted by atomic mass is 9.63. The summed E-state index contributed by atoms with van der Waals surface area (Å²) in [5.41, 5.74) is 1.78. The van der Waals surface area contributed by atoms with Crippen molar-refractivity contribution in [2.75, 3.05) is 4.90 Å². The smallest absolute Gasteiger partial charge is 0.238 e. The molecule has 110 valence electrons. The highest BCUT2D eigenvalue weighted by atomic mass is 16.2. The van der Waals surface area contributed by atoms with E-state index in [9.17, 15) is 9.59 Å². The van der Waals surface area contributed by atoms with Crippen molar-refractivity contribution < 1.29 is 9.59 Å². The number of hydrogen-bond donors (Lipinski definition) is 0. The molecule has 4 nitrogen and oxygen atoms in total. The number of rotatable bonds is 1. The van der Waals surface area contributed by atoms with Gasteiger partial charge in [-0.1, -0.05) is 18.2 Å². The van der Waals surface area contributed by atoms with Crippen LogP contribution in [0.3, 0.4) is 0 Å². The molecule has 2 bridgehead atoms. The molecular formula is C18H16N2O2.